The molecule has 0 aromatic heterocycles. The maximum atomic E-state index is 12.9. The zero-order chi connectivity index (χ0) is 18.0. The number of amides is 2. The number of anilines is 1. The number of thioether (sulfide) groups is 1. The molecule has 4 nitrogen and oxygen atoms in total. The first-order valence-corrected chi connectivity index (χ1v) is 9.43. The minimum absolute atomic E-state index is 0.00668. The van der Waals surface area contributed by atoms with Crippen molar-refractivity contribution in [2.75, 3.05) is 10.7 Å². The summed E-state index contributed by atoms with van der Waals surface area (Å²) < 4.78 is 0. The number of para-hydroxylation sites is 1. The standard InChI is InChI=1S/C19H19ClN2O2S/c1-12-10-14(19(21)24)13-6-2-4-8-16(13)22(12)18(23)11-25-17-9-5-3-7-15(17)20/h2-9,12,14H,10-11H2,1H3,(H2,21,24). The van der Waals surface area contributed by atoms with Gasteiger partial charge in [0, 0.05) is 16.6 Å². The van der Waals surface area contributed by atoms with Crippen molar-refractivity contribution >= 4 is 40.9 Å². The third kappa shape index (κ3) is 3.67. The summed E-state index contributed by atoms with van der Waals surface area (Å²) in [4.78, 5) is 27.3. The van der Waals surface area contributed by atoms with Crippen molar-refractivity contribution in [3.8, 4) is 0 Å². The lowest BCUT2D eigenvalue weighted by atomic mass is 9.85. The number of rotatable bonds is 4. The maximum Gasteiger partial charge on any atom is 0.237 e. The number of hydrogen-bond acceptors (Lipinski definition) is 3. The summed E-state index contributed by atoms with van der Waals surface area (Å²) in [6.45, 7) is 1.95. The van der Waals surface area contributed by atoms with E-state index in [2.05, 4.69) is 0 Å². The molecule has 1 aliphatic heterocycles. The highest BCUT2D eigenvalue weighted by molar-refractivity contribution is 8.00. The Hall–Kier alpha value is -1.98. The van der Waals surface area contributed by atoms with Crippen LogP contribution in [0.15, 0.2) is 53.4 Å². The van der Waals surface area contributed by atoms with Crippen LogP contribution in [0.3, 0.4) is 0 Å². The minimum Gasteiger partial charge on any atom is -0.369 e. The molecule has 0 saturated carbocycles. The number of carbonyl (C=O) groups excluding carboxylic acids is 2. The minimum atomic E-state index is -0.355. The Morgan fingerprint density at radius 2 is 1.88 bits per heavy atom. The first kappa shape index (κ1) is 17.8. The molecule has 2 aromatic rings. The van der Waals surface area contributed by atoms with Crippen molar-refractivity contribution in [2.24, 2.45) is 5.73 Å². The fourth-order valence-corrected chi connectivity index (χ4v) is 4.33. The molecule has 2 aromatic carbocycles. The van der Waals surface area contributed by atoms with Gasteiger partial charge in [0.25, 0.3) is 0 Å². The van der Waals surface area contributed by atoms with Crippen LogP contribution in [0.5, 0.6) is 0 Å². The largest absolute Gasteiger partial charge is 0.369 e. The molecule has 6 heteroatoms. The van der Waals surface area contributed by atoms with Gasteiger partial charge in [0.15, 0.2) is 0 Å². The van der Waals surface area contributed by atoms with Crippen LogP contribution in [-0.4, -0.2) is 23.6 Å². The monoisotopic (exact) mass is 374 g/mol. The molecule has 2 amide bonds. The Morgan fingerprint density at radius 3 is 2.60 bits per heavy atom. The molecular weight excluding hydrogens is 356 g/mol. The van der Waals surface area contributed by atoms with E-state index in [1.807, 2.05) is 55.5 Å². The van der Waals surface area contributed by atoms with Gasteiger partial charge in [-0.05, 0) is 37.1 Å². The van der Waals surface area contributed by atoms with Crippen molar-refractivity contribution in [3.05, 3.63) is 59.1 Å². The van der Waals surface area contributed by atoms with Gasteiger partial charge >= 0.3 is 0 Å². The number of nitrogens with two attached hydrogens (primary N) is 1. The molecule has 2 N–H and O–H groups in total. The summed E-state index contributed by atoms with van der Waals surface area (Å²) in [5, 5.41) is 0.640. The molecule has 25 heavy (non-hydrogen) atoms. The number of fused-ring (bicyclic) bond motifs is 1. The normalized spacial score (nSPS) is 19.4. The van der Waals surface area contributed by atoms with Crippen molar-refractivity contribution in [2.45, 2.75) is 30.2 Å². The summed E-state index contributed by atoms with van der Waals surface area (Å²) in [7, 11) is 0. The van der Waals surface area contributed by atoms with E-state index in [9.17, 15) is 9.59 Å². The van der Waals surface area contributed by atoms with E-state index in [0.29, 0.717) is 11.4 Å². The lowest BCUT2D eigenvalue weighted by Crippen LogP contribution is -2.46. The predicted molar refractivity (Wildman–Crippen MR) is 102 cm³/mol. The number of halogens is 1. The molecule has 130 valence electrons. The third-order valence-electron chi connectivity index (χ3n) is 4.39. The van der Waals surface area contributed by atoms with Gasteiger partial charge in [-0.25, -0.2) is 0 Å². The van der Waals surface area contributed by atoms with E-state index >= 15 is 0 Å². The molecule has 2 unspecified atom stereocenters. The molecule has 3 rings (SSSR count). The van der Waals surface area contributed by atoms with Gasteiger partial charge in [-0.3, -0.25) is 9.59 Å². The molecule has 2 atom stereocenters. The van der Waals surface area contributed by atoms with E-state index < -0.39 is 0 Å². The highest BCUT2D eigenvalue weighted by atomic mass is 35.5. The van der Waals surface area contributed by atoms with E-state index in [1.54, 1.807) is 4.90 Å². The van der Waals surface area contributed by atoms with Crippen LogP contribution in [0.2, 0.25) is 5.02 Å². The average molecular weight is 375 g/mol. The van der Waals surface area contributed by atoms with Gasteiger partial charge in [0.05, 0.1) is 16.7 Å². The van der Waals surface area contributed by atoms with Crippen LogP contribution in [0.1, 0.15) is 24.8 Å². The highest BCUT2D eigenvalue weighted by Crippen LogP contribution is 2.39. The molecule has 0 aliphatic carbocycles. The Kier molecular flexibility index (Phi) is 5.35. The quantitative estimate of drug-likeness (QED) is 0.827. The SMILES string of the molecule is CC1CC(C(N)=O)c2ccccc2N1C(=O)CSc1ccccc1Cl. The van der Waals surface area contributed by atoms with Crippen LogP contribution >= 0.6 is 23.4 Å². The van der Waals surface area contributed by atoms with Crippen molar-refractivity contribution < 1.29 is 9.59 Å². The number of nitrogens with zero attached hydrogens (tertiary/aromatic N) is 1. The van der Waals surface area contributed by atoms with Crippen molar-refractivity contribution in [3.63, 3.8) is 0 Å². The number of primary amides is 1. The van der Waals surface area contributed by atoms with Crippen LogP contribution in [0, 0.1) is 0 Å². The summed E-state index contributed by atoms with van der Waals surface area (Å²) in [5.41, 5.74) is 7.15. The second kappa shape index (κ2) is 7.50. The average Bonchev–Trinajstić information content (AvgIpc) is 2.60. The lowest BCUT2D eigenvalue weighted by Gasteiger charge is -2.38. The molecule has 0 radical (unpaired) electrons. The first-order chi connectivity index (χ1) is 12.0. The first-order valence-electron chi connectivity index (χ1n) is 8.06. The van der Waals surface area contributed by atoms with E-state index in [-0.39, 0.29) is 29.5 Å². The maximum absolute atomic E-state index is 12.9. The van der Waals surface area contributed by atoms with Crippen molar-refractivity contribution in [1.29, 1.82) is 0 Å². The Morgan fingerprint density at radius 1 is 1.20 bits per heavy atom. The topological polar surface area (TPSA) is 63.4 Å². The summed E-state index contributed by atoms with van der Waals surface area (Å²) in [6, 6.07) is 14.9. The molecular formula is C19H19ClN2O2S. The molecule has 0 bridgehead atoms. The van der Waals surface area contributed by atoms with E-state index in [4.69, 9.17) is 17.3 Å². The van der Waals surface area contributed by atoms with Gasteiger partial charge in [-0.2, -0.15) is 0 Å². The third-order valence-corrected chi connectivity index (χ3v) is 5.89. The fourth-order valence-electron chi connectivity index (χ4n) is 3.23. The second-order valence-electron chi connectivity index (χ2n) is 6.08. The Balaban J connectivity index is 1.83. The summed E-state index contributed by atoms with van der Waals surface area (Å²) in [6.07, 6.45) is 0.537. The fraction of sp³-hybridized carbons (Fsp3) is 0.263. The van der Waals surface area contributed by atoms with Crippen LogP contribution in [0.4, 0.5) is 5.69 Å². The smallest absolute Gasteiger partial charge is 0.237 e. The number of benzene rings is 2. The van der Waals surface area contributed by atoms with E-state index in [1.165, 1.54) is 11.8 Å². The molecule has 0 fully saturated rings. The lowest BCUT2D eigenvalue weighted by molar-refractivity contribution is -0.121. The Bertz CT molecular complexity index is 812. The van der Waals surface area contributed by atoms with E-state index in [0.717, 1.165) is 16.1 Å². The summed E-state index contributed by atoms with van der Waals surface area (Å²) >= 11 is 7.58. The van der Waals surface area contributed by atoms with Crippen LogP contribution in [-0.2, 0) is 9.59 Å². The van der Waals surface area contributed by atoms with Crippen LogP contribution < -0.4 is 10.6 Å². The van der Waals surface area contributed by atoms with Gasteiger partial charge in [-0.15, -0.1) is 11.8 Å². The predicted octanol–water partition coefficient (Wildman–Crippen LogP) is 3.83. The highest BCUT2D eigenvalue weighted by Gasteiger charge is 2.35. The van der Waals surface area contributed by atoms with Gasteiger partial charge in [0.1, 0.15) is 0 Å². The summed E-state index contributed by atoms with van der Waals surface area (Å²) in [5.74, 6) is -0.431. The van der Waals surface area contributed by atoms with Crippen LogP contribution in [0.25, 0.3) is 0 Å². The molecule has 1 heterocycles. The molecule has 1 aliphatic rings. The van der Waals surface area contributed by atoms with Gasteiger partial charge in [-0.1, -0.05) is 41.9 Å². The Labute approximate surface area is 156 Å². The van der Waals surface area contributed by atoms with Gasteiger partial charge < -0.3 is 10.6 Å². The molecule has 0 spiro atoms. The molecule has 0 saturated heterocycles. The zero-order valence-electron chi connectivity index (χ0n) is 13.8. The zero-order valence-corrected chi connectivity index (χ0v) is 15.4. The number of hydrogen-bond donors (Lipinski definition) is 1. The van der Waals surface area contributed by atoms with Crippen molar-refractivity contribution in [1.82, 2.24) is 0 Å². The second-order valence-corrected chi connectivity index (χ2v) is 7.51. The van der Waals surface area contributed by atoms with Gasteiger partial charge in [0.2, 0.25) is 11.8 Å². The number of carbonyl (C=O) groups is 2.